The molecule has 0 aliphatic rings. The van der Waals surface area contributed by atoms with Crippen LogP contribution in [-0.4, -0.2) is 97.1 Å². The van der Waals surface area contributed by atoms with Crippen LogP contribution in [0.25, 0.3) is 0 Å². The topological polar surface area (TPSA) is 67.4 Å². The lowest BCUT2D eigenvalue weighted by Crippen LogP contribution is -2.25. The number of nitrogens with one attached hydrogen (secondary N) is 1. The lowest BCUT2D eigenvalue weighted by molar-refractivity contribution is -0.0211. The van der Waals surface area contributed by atoms with E-state index in [1.54, 1.807) is 0 Å². The highest BCUT2D eigenvalue weighted by Gasteiger charge is 1.96. The molecule has 1 N–H and O–H groups in total. The third-order valence-corrected chi connectivity index (χ3v) is 3.21. The molecule has 0 rings (SSSR count). The van der Waals surface area contributed by atoms with Crippen molar-refractivity contribution in [3.05, 3.63) is 0 Å². The Morgan fingerprint density at radius 2 is 1.00 bits per heavy atom. The first-order valence-corrected chi connectivity index (χ1v) is 10.0. The van der Waals surface area contributed by atoms with Gasteiger partial charge in [0.1, 0.15) is 0 Å². The molecule has 0 aromatic carbocycles. The van der Waals surface area contributed by atoms with Crippen LogP contribution in [0.1, 0.15) is 20.8 Å². The zero-order valence-corrected chi connectivity index (χ0v) is 17.6. The van der Waals surface area contributed by atoms with Crippen LogP contribution in [0.4, 0.5) is 0 Å². The molecular formula is C18H39NO6S. The molecule has 0 aliphatic heterocycles. The van der Waals surface area contributed by atoms with E-state index < -0.39 is 0 Å². The molecule has 0 bridgehead atoms. The maximum atomic E-state index is 5.44. The minimum absolute atomic E-state index is 0.248. The fourth-order valence-electron chi connectivity index (χ4n) is 1.78. The molecule has 0 fully saturated rings. The van der Waals surface area contributed by atoms with E-state index in [2.05, 4.69) is 24.9 Å². The highest BCUT2D eigenvalue weighted by atomic mass is 32.1. The van der Waals surface area contributed by atoms with Crippen LogP contribution in [0.3, 0.4) is 0 Å². The van der Waals surface area contributed by atoms with E-state index >= 15 is 0 Å². The highest BCUT2D eigenvalue weighted by molar-refractivity contribution is 7.80. The van der Waals surface area contributed by atoms with E-state index in [-0.39, 0.29) is 6.10 Å². The Hall–Kier alpha value is 0.0700. The van der Waals surface area contributed by atoms with Crippen molar-refractivity contribution in [2.75, 3.05) is 85.8 Å². The molecule has 0 aromatic rings. The summed E-state index contributed by atoms with van der Waals surface area (Å²) < 4.78 is 32.4. The summed E-state index contributed by atoms with van der Waals surface area (Å²) in [5, 5.41) is 3.62. The second kappa shape index (κ2) is 21.4. The molecule has 0 saturated carbocycles. The summed E-state index contributed by atoms with van der Waals surface area (Å²) in [7, 11) is 0. The summed E-state index contributed by atoms with van der Waals surface area (Å²) in [6, 6.07) is 0. The van der Waals surface area contributed by atoms with Gasteiger partial charge in [-0.1, -0.05) is 6.92 Å². The van der Waals surface area contributed by atoms with Gasteiger partial charge in [-0.3, -0.25) is 0 Å². The second-order valence-corrected chi connectivity index (χ2v) is 6.92. The van der Waals surface area contributed by atoms with Crippen molar-refractivity contribution in [2.45, 2.75) is 32.1 Å². The van der Waals surface area contributed by atoms with Crippen molar-refractivity contribution in [1.29, 1.82) is 0 Å². The molecular weight excluding hydrogens is 358 g/mol. The molecule has 0 amide bonds. The van der Waals surface area contributed by atoms with Crippen LogP contribution in [0.5, 0.6) is 0 Å². The first-order valence-electron chi connectivity index (χ1n) is 9.52. The SMILES string of the molecule is CC(S)CNCCOCCOCCOCCOCCOCCOC(C)C. The Balaban J connectivity index is 2.99. The first-order chi connectivity index (χ1) is 12.6. The quantitative estimate of drug-likeness (QED) is 0.224. The number of hydrogen-bond donors (Lipinski definition) is 2. The van der Waals surface area contributed by atoms with E-state index in [0.717, 1.165) is 13.1 Å². The minimum Gasteiger partial charge on any atom is -0.378 e. The normalized spacial score (nSPS) is 12.8. The second-order valence-electron chi connectivity index (χ2n) is 6.03. The molecule has 1 atom stereocenters. The summed E-state index contributed by atoms with van der Waals surface area (Å²) in [6.07, 6.45) is 0.248. The molecule has 7 nitrogen and oxygen atoms in total. The third-order valence-electron chi connectivity index (χ3n) is 3.03. The molecule has 8 heteroatoms. The predicted octanol–water partition coefficient (Wildman–Crippen LogP) is 1.40. The summed E-state index contributed by atoms with van der Waals surface area (Å²) in [5.41, 5.74) is 0. The van der Waals surface area contributed by atoms with Crippen LogP contribution in [0.2, 0.25) is 0 Å². The summed E-state index contributed by atoms with van der Waals surface area (Å²) in [5.74, 6) is 0. The zero-order chi connectivity index (χ0) is 19.3. The minimum atomic E-state index is 0.248. The van der Waals surface area contributed by atoms with Gasteiger partial charge in [0.15, 0.2) is 0 Å². The van der Waals surface area contributed by atoms with Crippen LogP contribution < -0.4 is 5.32 Å². The molecule has 0 aromatic heterocycles. The van der Waals surface area contributed by atoms with Crippen molar-refractivity contribution in [1.82, 2.24) is 5.32 Å². The Morgan fingerprint density at radius 1 is 0.615 bits per heavy atom. The van der Waals surface area contributed by atoms with Gasteiger partial charge in [0, 0.05) is 18.3 Å². The zero-order valence-electron chi connectivity index (χ0n) is 16.7. The number of hydrogen-bond acceptors (Lipinski definition) is 8. The van der Waals surface area contributed by atoms with Gasteiger partial charge in [-0.15, -0.1) is 0 Å². The Labute approximate surface area is 164 Å². The molecule has 0 saturated heterocycles. The lowest BCUT2D eigenvalue weighted by atomic mass is 10.4. The largest absolute Gasteiger partial charge is 0.378 e. The van der Waals surface area contributed by atoms with Crippen LogP contribution in [-0.2, 0) is 28.4 Å². The maximum absolute atomic E-state index is 5.44. The molecule has 26 heavy (non-hydrogen) atoms. The van der Waals surface area contributed by atoms with E-state index in [4.69, 9.17) is 28.4 Å². The maximum Gasteiger partial charge on any atom is 0.0703 e. The average molecular weight is 398 g/mol. The van der Waals surface area contributed by atoms with Crippen molar-refractivity contribution in [3.63, 3.8) is 0 Å². The van der Waals surface area contributed by atoms with Gasteiger partial charge in [-0.2, -0.15) is 12.6 Å². The summed E-state index contributed by atoms with van der Waals surface area (Å²) >= 11 is 4.29. The van der Waals surface area contributed by atoms with Gasteiger partial charge in [0.25, 0.3) is 0 Å². The Morgan fingerprint density at radius 3 is 1.38 bits per heavy atom. The van der Waals surface area contributed by atoms with Crippen molar-refractivity contribution >= 4 is 12.6 Å². The molecule has 158 valence electrons. The highest BCUT2D eigenvalue weighted by Crippen LogP contribution is 1.89. The van der Waals surface area contributed by atoms with Gasteiger partial charge in [0.05, 0.1) is 78.8 Å². The van der Waals surface area contributed by atoms with Crippen LogP contribution in [0.15, 0.2) is 0 Å². The van der Waals surface area contributed by atoms with Crippen molar-refractivity contribution in [2.24, 2.45) is 0 Å². The molecule has 0 radical (unpaired) electrons. The summed E-state index contributed by atoms with van der Waals surface area (Å²) in [4.78, 5) is 0. The van der Waals surface area contributed by atoms with Crippen LogP contribution >= 0.6 is 12.6 Å². The smallest absolute Gasteiger partial charge is 0.0703 e. The number of thiol groups is 1. The van der Waals surface area contributed by atoms with Gasteiger partial charge in [-0.05, 0) is 13.8 Å². The van der Waals surface area contributed by atoms with E-state index in [1.165, 1.54) is 0 Å². The van der Waals surface area contributed by atoms with Crippen molar-refractivity contribution in [3.8, 4) is 0 Å². The molecule has 0 spiro atoms. The first kappa shape index (κ1) is 26.1. The van der Waals surface area contributed by atoms with E-state index in [1.807, 2.05) is 13.8 Å². The van der Waals surface area contributed by atoms with E-state index in [9.17, 15) is 0 Å². The van der Waals surface area contributed by atoms with E-state index in [0.29, 0.717) is 77.9 Å². The Kier molecular flexibility index (Phi) is 21.4. The molecule has 1 unspecified atom stereocenters. The molecule has 0 heterocycles. The average Bonchev–Trinajstić information content (AvgIpc) is 2.59. The van der Waals surface area contributed by atoms with Gasteiger partial charge in [-0.25, -0.2) is 0 Å². The van der Waals surface area contributed by atoms with Gasteiger partial charge >= 0.3 is 0 Å². The monoisotopic (exact) mass is 397 g/mol. The van der Waals surface area contributed by atoms with Gasteiger partial charge in [0.2, 0.25) is 0 Å². The summed E-state index contributed by atoms with van der Waals surface area (Å²) in [6.45, 7) is 14.3. The lowest BCUT2D eigenvalue weighted by Gasteiger charge is -2.09. The predicted molar refractivity (Wildman–Crippen MR) is 107 cm³/mol. The van der Waals surface area contributed by atoms with Gasteiger partial charge < -0.3 is 33.7 Å². The third kappa shape index (κ3) is 24.1. The fraction of sp³-hybridized carbons (Fsp3) is 1.00. The van der Waals surface area contributed by atoms with Crippen LogP contribution in [0, 0.1) is 0 Å². The van der Waals surface area contributed by atoms with Crippen molar-refractivity contribution < 1.29 is 28.4 Å². The Bertz CT molecular complexity index is 246. The fourth-order valence-corrected chi connectivity index (χ4v) is 1.91. The number of rotatable bonds is 21. The number of ether oxygens (including phenoxy) is 6. The molecule has 0 aliphatic carbocycles. The standard InChI is InChI=1S/C18H39NO6S/c1-17(2)25-15-14-24-13-12-23-11-10-22-9-8-21-7-6-20-5-4-19-16-18(3)26/h17-19,26H,4-16H2,1-3H3.